The van der Waals surface area contributed by atoms with Crippen LogP contribution in [0, 0.1) is 5.92 Å². The summed E-state index contributed by atoms with van der Waals surface area (Å²) in [5, 5.41) is 3.35. The number of imidazole rings is 1. The molecule has 72 valence electrons. The average Bonchev–Trinajstić information content (AvgIpc) is 2.60. The third kappa shape index (κ3) is 1.69. The molecule has 1 saturated carbocycles. The normalized spacial score (nSPS) is 26.5. The predicted molar refractivity (Wildman–Crippen MR) is 53.8 cm³/mol. The van der Waals surface area contributed by atoms with Crippen LogP contribution in [0.1, 0.15) is 33.2 Å². The van der Waals surface area contributed by atoms with Crippen molar-refractivity contribution in [1.82, 2.24) is 9.55 Å². The first-order chi connectivity index (χ1) is 6.18. The van der Waals surface area contributed by atoms with E-state index in [-0.39, 0.29) is 0 Å². The van der Waals surface area contributed by atoms with E-state index in [1.165, 1.54) is 6.42 Å². The summed E-state index contributed by atoms with van der Waals surface area (Å²) in [6.07, 6.45) is 5.23. The van der Waals surface area contributed by atoms with E-state index in [0.29, 0.717) is 12.1 Å². The highest BCUT2D eigenvalue weighted by atomic mass is 15.2. The topological polar surface area (TPSA) is 29.9 Å². The molecule has 0 amide bonds. The van der Waals surface area contributed by atoms with Gasteiger partial charge in [-0.25, -0.2) is 4.98 Å². The Balaban J connectivity index is 2.12. The van der Waals surface area contributed by atoms with E-state index in [9.17, 15) is 0 Å². The highest BCUT2D eigenvalue weighted by molar-refractivity contribution is 5.29. The largest absolute Gasteiger partial charge is 0.353 e. The van der Waals surface area contributed by atoms with Gasteiger partial charge in [-0.3, -0.25) is 0 Å². The van der Waals surface area contributed by atoms with E-state index in [2.05, 4.69) is 41.8 Å². The Kier molecular flexibility index (Phi) is 2.02. The average molecular weight is 179 g/mol. The molecule has 0 radical (unpaired) electrons. The first kappa shape index (κ1) is 8.60. The Labute approximate surface area is 79.2 Å². The zero-order chi connectivity index (χ0) is 9.42. The molecule has 0 aromatic carbocycles. The molecule has 0 spiro atoms. The molecule has 0 saturated heterocycles. The number of anilines is 1. The maximum Gasteiger partial charge on any atom is 0.203 e. The Morgan fingerprint density at radius 2 is 2.31 bits per heavy atom. The second-order valence-electron chi connectivity index (χ2n) is 4.24. The minimum atomic E-state index is 0.454. The molecule has 0 aliphatic heterocycles. The number of rotatable bonds is 3. The van der Waals surface area contributed by atoms with Gasteiger partial charge in [0.15, 0.2) is 0 Å². The van der Waals surface area contributed by atoms with Gasteiger partial charge in [0.25, 0.3) is 0 Å². The summed E-state index contributed by atoms with van der Waals surface area (Å²) in [5.74, 6) is 1.84. The summed E-state index contributed by atoms with van der Waals surface area (Å²) < 4.78 is 2.25. The van der Waals surface area contributed by atoms with Crippen LogP contribution < -0.4 is 5.32 Å². The molecule has 1 aromatic rings. The second-order valence-corrected chi connectivity index (χ2v) is 4.24. The van der Waals surface area contributed by atoms with E-state index in [4.69, 9.17) is 0 Å². The molecule has 2 unspecified atom stereocenters. The van der Waals surface area contributed by atoms with Gasteiger partial charge < -0.3 is 9.88 Å². The fraction of sp³-hybridized carbons (Fsp3) is 0.700. The lowest BCUT2D eigenvalue weighted by Crippen LogP contribution is -2.14. The Hall–Kier alpha value is -0.990. The molecule has 2 rings (SSSR count). The minimum Gasteiger partial charge on any atom is -0.353 e. The van der Waals surface area contributed by atoms with E-state index < -0.39 is 0 Å². The van der Waals surface area contributed by atoms with Gasteiger partial charge in [0, 0.05) is 24.5 Å². The Morgan fingerprint density at radius 1 is 1.62 bits per heavy atom. The van der Waals surface area contributed by atoms with Crippen molar-refractivity contribution in [1.29, 1.82) is 0 Å². The van der Waals surface area contributed by atoms with Crippen molar-refractivity contribution < 1.29 is 0 Å². The molecular formula is C10H17N3. The van der Waals surface area contributed by atoms with Crippen molar-refractivity contribution in [2.75, 3.05) is 5.32 Å². The van der Waals surface area contributed by atoms with Crippen LogP contribution in [0.25, 0.3) is 0 Å². The zero-order valence-corrected chi connectivity index (χ0v) is 8.49. The molecule has 3 heteroatoms. The number of nitrogens with one attached hydrogen (secondary N) is 1. The first-order valence-electron chi connectivity index (χ1n) is 4.98. The van der Waals surface area contributed by atoms with E-state index in [1.54, 1.807) is 0 Å². The summed E-state index contributed by atoms with van der Waals surface area (Å²) in [6.45, 7) is 6.55. The van der Waals surface area contributed by atoms with Crippen LogP contribution in [0.4, 0.5) is 5.95 Å². The smallest absolute Gasteiger partial charge is 0.203 e. The molecule has 1 aliphatic carbocycles. The van der Waals surface area contributed by atoms with E-state index >= 15 is 0 Å². The van der Waals surface area contributed by atoms with Gasteiger partial charge in [0.1, 0.15) is 0 Å². The van der Waals surface area contributed by atoms with E-state index in [0.717, 1.165) is 11.9 Å². The van der Waals surface area contributed by atoms with Crippen LogP contribution in [0.2, 0.25) is 0 Å². The molecule has 1 heterocycles. The number of nitrogens with zero attached hydrogens (tertiary/aromatic N) is 2. The fourth-order valence-corrected chi connectivity index (χ4v) is 1.64. The molecular weight excluding hydrogens is 162 g/mol. The monoisotopic (exact) mass is 179 g/mol. The third-order valence-corrected chi connectivity index (χ3v) is 2.51. The quantitative estimate of drug-likeness (QED) is 0.771. The highest BCUT2D eigenvalue weighted by Crippen LogP contribution is 2.43. The van der Waals surface area contributed by atoms with Gasteiger partial charge in [0.2, 0.25) is 5.95 Å². The van der Waals surface area contributed by atoms with Crippen LogP contribution in [-0.4, -0.2) is 15.6 Å². The van der Waals surface area contributed by atoms with Crippen LogP contribution in [0.5, 0.6) is 0 Å². The minimum absolute atomic E-state index is 0.454. The van der Waals surface area contributed by atoms with Crippen LogP contribution >= 0.6 is 0 Å². The summed E-state index contributed by atoms with van der Waals surface area (Å²) in [6, 6.07) is 1.14. The van der Waals surface area contributed by atoms with Gasteiger partial charge >= 0.3 is 0 Å². The SMILES string of the molecule is CC(C)Nc1nccn1C1CC1C. The maximum absolute atomic E-state index is 4.30. The number of hydrogen-bond acceptors (Lipinski definition) is 2. The fourth-order valence-electron chi connectivity index (χ4n) is 1.64. The van der Waals surface area contributed by atoms with Gasteiger partial charge in [0.05, 0.1) is 0 Å². The highest BCUT2D eigenvalue weighted by Gasteiger charge is 2.35. The molecule has 1 aromatic heterocycles. The lowest BCUT2D eigenvalue weighted by molar-refractivity contribution is 0.681. The number of hydrogen-bond donors (Lipinski definition) is 1. The van der Waals surface area contributed by atoms with Crippen molar-refractivity contribution in [3.8, 4) is 0 Å². The molecule has 2 atom stereocenters. The molecule has 1 fully saturated rings. The molecule has 1 N–H and O–H groups in total. The van der Waals surface area contributed by atoms with Crippen LogP contribution in [0.15, 0.2) is 12.4 Å². The van der Waals surface area contributed by atoms with Crippen molar-refractivity contribution in [3.63, 3.8) is 0 Å². The van der Waals surface area contributed by atoms with Crippen molar-refractivity contribution in [3.05, 3.63) is 12.4 Å². The third-order valence-electron chi connectivity index (χ3n) is 2.51. The first-order valence-corrected chi connectivity index (χ1v) is 4.98. The Morgan fingerprint density at radius 3 is 2.85 bits per heavy atom. The maximum atomic E-state index is 4.30. The van der Waals surface area contributed by atoms with Crippen molar-refractivity contribution >= 4 is 5.95 Å². The lowest BCUT2D eigenvalue weighted by Gasteiger charge is -2.11. The van der Waals surface area contributed by atoms with Crippen LogP contribution in [0.3, 0.4) is 0 Å². The van der Waals surface area contributed by atoms with Crippen molar-refractivity contribution in [2.24, 2.45) is 5.92 Å². The van der Waals surface area contributed by atoms with Crippen LogP contribution in [-0.2, 0) is 0 Å². The Bertz CT molecular complexity index is 290. The number of aromatic nitrogens is 2. The van der Waals surface area contributed by atoms with Gasteiger partial charge in [-0.2, -0.15) is 0 Å². The van der Waals surface area contributed by atoms with Crippen molar-refractivity contribution in [2.45, 2.75) is 39.3 Å². The van der Waals surface area contributed by atoms with Gasteiger partial charge in [-0.1, -0.05) is 6.92 Å². The van der Waals surface area contributed by atoms with Gasteiger partial charge in [-0.15, -0.1) is 0 Å². The molecule has 0 bridgehead atoms. The summed E-state index contributed by atoms with van der Waals surface area (Å²) in [4.78, 5) is 4.30. The second kappa shape index (κ2) is 3.05. The van der Waals surface area contributed by atoms with E-state index in [1.807, 2.05) is 6.20 Å². The summed E-state index contributed by atoms with van der Waals surface area (Å²) >= 11 is 0. The standard InChI is InChI=1S/C10H17N3/c1-7(2)12-10-11-4-5-13(10)9-6-8(9)3/h4-5,7-9H,6H2,1-3H3,(H,11,12). The zero-order valence-electron chi connectivity index (χ0n) is 8.49. The molecule has 3 nitrogen and oxygen atoms in total. The van der Waals surface area contributed by atoms with Gasteiger partial charge in [-0.05, 0) is 26.2 Å². The molecule has 1 aliphatic rings. The lowest BCUT2D eigenvalue weighted by atomic mass is 10.4. The molecule has 13 heavy (non-hydrogen) atoms. The summed E-state index contributed by atoms with van der Waals surface area (Å²) in [7, 11) is 0. The summed E-state index contributed by atoms with van der Waals surface area (Å²) in [5.41, 5.74) is 0. The predicted octanol–water partition coefficient (Wildman–Crippen LogP) is 2.28.